The molecule has 0 aromatic carbocycles. The summed E-state index contributed by atoms with van der Waals surface area (Å²) in [7, 11) is 0. The summed E-state index contributed by atoms with van der Waals surface area (Å²) >= 11 is 0. The van der Waals surface area contributed by atoms with Gasteiger partial charge in [0.05, 0.1) is 55.9 Å². The molecule has 28 heavy (non-hydrogen) atoms. The van der Waals surface area contributed by atoms with E-state index >= 15 is 0 Å². The van der Waals surface area contributed by atoms with Crippen LogP contribution >= 0.6 is 0 Å². The smallest absolute Gasteiger partial charge is 0.180 e. The lowest BCUT2D eigenvalue weighted by atomic mass is 10.3. The van der Waals surface area contributed by atoms with Crippen LogP contribution in [0.1, 0.15) is 5.82 Å². The van der Waals surface area contributed by atoms with Gasteiger partial charge in [0.25, 0.3) is 0 Å². The highest BCUT2D eigenvalue weighted by molar-refractivity contribution is 5.73. The lowest BCUT2D eigenvalue weighted by Gasteiger charge is -2.25. The molecule has 0 saturated carbocycles. The van der Waals surface area contributed by atoms with Crippen LogP contribution in [0.2, 0.25) is 0 Å². The summed E-state index contributed by atoms with van der Waals surface area (Å²) in [6, 6.07) is 0. The first-order valence-electron chi connectivity index (χ1n) is 9.06. The van der Waals surface area contributed by atoms with Gasteiger partial charge < -0.3 is 10.1 Å². The van der Waals surface area contributed by atoms with Crippen molar-refractivity contribution in [3.8, 4) is 11.3 Å². The van der Waals surface area contributed by atoms with Crippen LogP contribution in [-0.2, 0) is 11.3 Å². The molecule has 0 spiro atoms. The van der Waals surface area contributed by atoms with Gasteiger partial charge >= 0.3 is 0 Å². The fraction of sp³-hybridized carbons (Fsp3) is 0.278. The van der Waals surface area contributed by atoms with Crippen LogP contribution < -0.4 is 5.32 Å². The highest BCUT2D eigenvalue weighted by atomic mass is 16.5. The third-order valence-corrected chi connectivity index (χ3v) is 4.66. The lowest BCUT2D eigenvalue weighted by molar-refractivity contribution is 0.0330. The molecule has 1 fully saturated rings. The minimum atomic E-state index is 0.641. The van der Waals surface area contributed by atoms with Gasteiger partial charge in [0.1, 0.15) is 5.82 Å². The second-order valence-electron chi connectivity index (χ2n) is 6.50. The zero-order valence-corrected chi connectivity index (χ0v) is 15.1. The molecule has 1 aliphatic rings. The van der Waals surface area contributed by atoms with Crippen molar-refractivity contribution in [2.24, 2.45) is 0 Å². The maximum absolute atomic E-state index is 5.37. The normalized spacial score (nSPS) is 15.1. The fourth-order valence-corrected chi connectivity index (χ4v) is 3.21. The van der Waals surface area contributed by atoms with E-state index < -0.39 is 0 Å². The molecule has 10 nitrogen and oxygen atoms in total. The zero-order chi connectivity index (χ0) is 18.8. The van der Waals surface area contributed by atoms with E-state index in [0.717, 1.165) is 61.3 Å². The van der Waals surface area contributed by atoms with Crippen LogP contribution in [-0.4, -0.2) is 65.7 Å². The number of H-pyrrole nitrogens is 1. The van der Waals surface area contributed by atoms with Crippen molar-refractivity contribution in [1.29, 1.82) is 0 Å². The Morgan fingerprint density at radius 3 is 2.68 bits per heavy atom. The van der Waals surface area contributed by atoms with Gasteiger partial charge in [-0.25, -0.2) is 19.9 Å². The molecule has 1 aliphatic heterocycles. The van der Waals surface area contributed by atoms with E-state index in [-0.39, 0.29) is 0 Å². The summed E-state index contributed by atoms with van der Waals surface area (Å²) in [5, 5.41) is 10.1. The van der Waals surface area contributed by atoms with Gasteiger partial charge in [0.2, 0.25) is 0 Å². The van der Waals surface area contributed by atoms with E-state index in [9.17, 15) is 0 Å². The molecule has 2 N–H and O–H groups in total. The quantitative estimate of drug-likeness (QED) is 0.538. The Hall–Kier alpha value is -3.37. The van der Waals surface area contributed by atoms with Crippen LogP contribution in [0.15, 0.2) is 43.4 Å². The topological polar surface area (TPSA) is 109 Å². The number of nitrogens with one attached hydrogen (secondary N) is 2. The average Bonchev–Trinajstić information content (AvgIpc) is 3.40. The third kappa shape index (κ3) is 3.30. The van der Waals surface area contributed by atoms with Gasteiger partial charge in [-0.05, 0) is 0 Å². The summed E-state index contributed by atoms with van der Waals surface area (Å²) < 4.78 is 7.34. The first-order chi connectivity index (χ1) is 13.9. The van der Waals surface area contributed by atoms with Crippen LogP contribution in [0.4, 0.5) is 11.5 Å². The van der Waals surface area contributed by atoms with Crippen molar-refractivity contribution < 1.29 is 4.74 Å². The molecule has 0 bridgehead atoms. The van der Waals surface area contributed by atoms with E-state index in [1.54, 1.807) is 31.0 Å². The maximum atomic E-state index is 5.37. The molecule has 4 aromatic heterocycles. The molecule has 0 radical (unpaired) electrons. The molecule has 10 heteroatoms. The minimum Gasteiger partial charge on any atom is -0.379 e. The summed E-state index contributed by atoms with van der Waals surface area (Å²) in [5.41, 5.74) is 3.38. The predicted octanol–water partition coefficient (Wildman–Crippen LogP) is 1.49. The number of aromatic amines is 1. The maximum Gasteiger partial charge on any atom is 0.180 e. The predicted molar refractivity (Wildman–Crippen MR) is 102 cm³/mol. The lowest BCUT2D eigenvalue weighted by Crippen LogP contribution is -2.36. The Bertz CT molecular complexity index is 1050. The molecular weight excluding hydrogens is 358 g/mol. The molecule has 0 unspecified atom stereocenters. The molecule has 1 saturated heterocycles. The molecule has 5 heterocycles. The van der Waals surface area contributed by atoms with E-state index in [0.29, 0.717) is 5.82 Å². The summed E-state index contributed by atoms with van der Waals surface area (Å²) in [5.74, 6) is 1.43. The molecule has 5 rings (SSSR count). The SMILES string of the molecule is c1cn2c(-c3cn[nH]c3)cnc2c(Nc2cnc(CN3CCOCC3)nc2)n1. The van der Waals surface area contributed by atoms with Crippen molar-refractivity contribution >= 4 is 17.2 Å². The Balaban J connectivity index is 1.35. The van der Waals surface area contributed by atoms with E-state index in [1.165, 1.54) is 0 Å². The highest BCUT2D eigenvalue weighted by Crippen LogP contribution is 2.24. The Labute approximate surface area is 160 Å². The summed E-state index contributed by atoms with van der Waals surface area (Å²) in [6.45, 7) is 4.08. The molecule has 0 atom stereocenters. The standard InChI is InChI=1S/C18H19N9O/c1-2-27-15(13-7-23-24-8-13)11-22-18(27)17(19-1)25-14-9-20-16(21-10-14)12-26-3-5-28-6-4-26/h1-2,7-11H,3-6,12H2,(H,19,25)(H,23,24). The number of hydrogen-bond acceptors (Lipinski definition) is 8. The van der Waals surface area contributed by atoms with Gasteiger partial charge in [-0.1, -0.05) is 0 Å². The average molecular weight is 377 g/mol. The highest BCUT2D eigenvalue weighted by Gasteiger charge is 2.13. The largest absolute Gasteiger partial charge is 0.379 e. The van der Waals surface area contributed by atoms with Gasteiger partial charge in [-0.3, -0.25) is 14.4 Å². The van der Waals surface area contributed by atoms with Crippen LogP contribution in [0.25, 0.3) is 16.9 Å². The van der Waals surface area contributed by atoms with Crippen LogP contribution in [0.5, 0.6) is 0 Å². The fourth-order valence-electron chi connectivity index (χ4n) is 3.21. The van der Waals surface area contributed by atoms with Crippen molar-refractivity contribution in [2.45, 2.75) is 6.54 Å². The van der Waals surface area contributed by atoms with Crippen molar-refractivity contribution in [1.82, 2.24) is 39.4 Å². The van der Waals surface area contributed by atoms with Crippen LogP contribution in [0.3, 0.4) is 0 Å². The Morgan fingerprint density at radius 1 is 1.04 bits per heavy atom. The number of hydrogen-bond donors (Lipinski definition) is 2. The van der Waals surface area contributed by atoms with Crippen molar-refractivity contribution in [3.63, 3.8) is 0 Å². The van der Waals surface area contributed by atoms with Gasteiger partial charge in [0, 0.05) is 37.2 Å². The van der Waals surface area contributed by atoms with E-state index in [2.05, 4.69) is 40.3 Å². The number of nitrogens with zero attached hydrogens (tertiary/aromatic N) is 7. The van der Waals surface area contributed by atoms with Crippen molar-refractivity contribution in [2.75, 3.05) is 31.6 Å². The third-order valence-electron chi connectivity index (χ3n) is 4.66. The molecular formula is C18H19N9O. The number of morpholine rings is 1. The van der Waals surface area contributed by atoms with Gasteiger partial charge in [-0.2, -0.15) is 5.10 Å². The number of imidazole rings is 1. The van der Waals surface area contributed by atoms with Gasteiger partial charge in [-0.15, -0.1) is 0 Å². The Morgan fingerprint density at radius 2 is 1.89 bits per heavy atom. The van der Waals surface area contributed by atoms with E-state index in [4.69, 9.17) is 4.74 Å². The Kier molecular flexibility index (Phi) is 4.39. The molecule has 0 amide bonds. The van der Waals surface area contributed by atoms with Crippen LogP contribution in [0, 0.1) is 0 Å². The molecule has 0 aliphatic carbocycles. The summed E-state index contributed by atoms with van der Waals surface area (Å²) in [6.07, 6.45) is 12.5. The second kappa shape index (κ2) is 7.33. The summed E-state index contributed by atoms with van der Waals surface area (Å²) in [4.78, 5) is 20.2. The second-order valence-corrected chi connectivity index (χ2v) is 6.50. The first kappa shape index (κ1) is 16.8. The number of aromatic nitrogens is 7. The zero-order valence-electron chi connectivity index (χ0n) is 15.1. The van der Waals surface area contributed by atoms with Gasteiger partial charge in [0.15, 0.2) is 11.5 Å². The van der Waals surface area contributed by atoms with Crippen molar-refractivity contribution in [3.05, 3.63) is 49.2 Å². The molecule has 142 valence electrons. The number of ether oxygens (including phenoxy) is 1. The minimum absolute atomic E-state index is 0.641. The monoisotopic (exact) mass is 377 g/mol. The number of fused-ring (bicyclic) bond motifs is 1. The number of rotatable bonds is 5. The van der Waals surface area contributed by atoms with E-state index in [1.807, 2.05) is 16.8 Å². The molecule has 4 aromatic rings. The first-order valence-corrected chi connectivity index (χ1v) is 9.06. The number of anilines is 2.